The fraction of sp³-hybridized carbons (Fsp3) is 0.0385. The van der Waals surface area contributed by atoms with Gasteiger partial charge in [0.15, 0.2) is 0 Å². The smallest absolute Gasteiger partial charge is 0.258 e. The maximum atomic E-state index is 11.9. The molecule has 0 aliphatic carbocycles. The van der Waals surface area contributed by atoms with Crippen LogP contribution < -0.4 is 10.4 Å². The van der Waals surface area contributed by atoms with Crippen LogP contribution in [0.25, 0.3) is 20.2 Å². The summed E-state index contributed by atoms with van der Waals surface area (Å²) >= 11 is 1.64. The summed E-state index contributed by atoms with van der Waals surface area (Å²) in [6.45, 7) is 0.237. The van der Waals surface area contributed by atoms with E-state index in [-0.39, 0.29) is 23.6 Å². The number of anilines is 1. The molecule has 0 radical (unpaired) electrons. The minimum atomic E-state index is -0.644. The second-order valence-corrected chi connectivity index (χ2v) is 8.86. The van der Waals surface area contributed by atoms with Gasteiger partial charge < -0.3 is 0 Å². The number of nitrogens with zero attached hydrogens (tertiary/aromatic N) is 4. The van der Waals surface area contributed by atoms with E-state index in [1.807, 2.05) is 78.9 Å². The molecular weight excluding hydrogens is 464 g/mol. The monoisotopic (exact) mass is 482 g/mol. The van der Waals surface area contributed by atoms with E-state index < -0.39 is 9.85 Å². The van der Waals surface area contributed by atoms with E-state index in [2.05, 4.69) is 0 Å². The molecule has 0 saturated carbocycles. The molecule has 1 heterocycles. The number of hydrogen-bond acceptors (Lipinski definition) is 7. The Labute approximate surface area is 203 Å². The Balaban J connectivity index is 1.81. The van der Waals surface area contributed by atoms with E-state index in [1.165, 1.54) is 12.1 Å². The first kappa shape index (κ1) is 22.2. The van der Waals surface area contributed by atoms with Gasteiger partial charge in [0.05, 0.1) is 22.5 Å². The summed E-state index contributed by atoms with van der Waals surface area (Å²) in [5, 5.41) is 32.3. The molecule has 0 N–H and O–H groups in total. The highest BCUT2D eigenvalue weighted by Crippen LogP contribution is 2.33. The molecule has 8 nitrogen and oxygen atoms in total. The topological polar surface area (TPSA) is 102 Å². The first-order valence-corrected chi connectivity index (χ1v) is 11.5. The van der Waals surface area contributed by atoms with Gasteiger partial charge in [0.1, 0.15) is 11.0 Å². The second kappa shape index (κ2) is 9.32. The van der Waals surface area contributed by atoms with Crippen LogP contribution in [0.1, 0.15) is 5.56 Å². The summed E-state index contributed by atoms with van der Waals surface area (Å²) in [6, 6.07) is 28.8. The molecule has 0 aliphatic rings. The van der Waals surface area contributed by atoms with Crippen LogP contribution in [-0.2, 0) is 6.54 Å². The zero-order valence-corrected chi connectivity index (χ0v) is 19.1. The van der Waals surface area contributed by atoms with Crippen LogP contribution in [0, 0.1) is 20.2 Å². The third-order valence-corrected chi connectivity index (χ3v) is 6.70. The third-order valence-electron chi connectivity index (χ3n) is 5.54. The number of benzene rings is 4. The Morgan fingerprint density at radius 3 is 1.94 bits per heavy atom. The highest BCUT2D eigenvalue weighted by molar-refractivity contribution is 7.24. The molecular formula is C26H18N4O4S. The van der Waals surface area contributed by atoms with Crippen LogP contribution in [-0.4, -0.2) is 9.85 Å². The van der Waals surface area contributed by atoms with Gasteiger partial charge in [-0.15, -0.1) is 11.3 Å². The number of rotatable bonds is 6. The Morgan fingerprint density at radius 2 is 1.34 bits per heavy atom. The van der Waals surface area contributed by atoms with E-state index in [4.69, 9.17) is 5.10 Å². The molecule has 4 aromatic carbocycles. The van der Waals surface area contributed by atoms with Gasteiger partial charge in [-0.25, -0.2) is 0 Å². The molecule has 9 heteroatoms. The van der Waals surface area contributed by atoms with Crippen molar-refractivity contribution in [2.24, 2.45) is 5.10 Å². The van der Waals surface area contributed by atoms with Gasteiger partial charge in [0.2, 0.25) is 0 Å². The van der Waals surface area contributed by atoms with Crippen molar-refractivity contribution < 1.29 is 9.85 Å². The minimum absolute atomic E-state index is 0.171. The summed E-state index contributed by atoms with van der Waals surface area (Å²) in [6.07, 6.45) is 0. The van der Waals surface area contributed by atoms with Crippen molar-refractivity contribution in [3.05, 3.63) is 128 Å². The van der Waals surface area contributed by atoms with Crippen LogP contribution in [0.15, 0.2) is 102 Å². The van der Waals surface area contributed by atoms with Gasteiger partial charge in [-0.05, 0) is 23.8 Å². The van der Waals surface area contributed by atoms with Crippen molar-refractivity contribution in [3.8, 4) is 0 Å². The normalized spacial score (nSPS) is 10.9. The number of hydrogen-bond donors (Lipinski definition) is 0. The van der Waals surface area contributed by atoms with Crippen molar-refractivity contribution in [3.63, 3.8) is 0 Å². The van der Waals surface area contributed by atoms with Gasteiger partial charge in [-0.2, -0.15) is 5.10 Å². The predicted octanol–water partition coefficient (Wildman–Crippen LogP) is 6.39. The van der Waals surface area contributed by atoms with E-state index >= 15 is 0 Å². The van der Waals surface area contributed by atoms with Crippen molar-refractivity contribution in [1.82, 2.24) is 0 Å². The van der Waals surface area contributed by atoms with E-state index in [9.17, 15) is 20.2 Å². The van der Waals surface area contributed by atoms with Crippen LogP contribution in [0.2, 0.25) is 0 Å². The molecule has 5 rings (SSSR count). The maximum absolute atomic E-state index is 11.9. The fourth-order valence-electron chi connectivity index (χ4n) is 3.92. The molecule has 0 spiro atoms. The lowest BCUT2D eigenvalue weighted by Gasteiger charge is -2.20. The standard InChI is InChI=1S/C26H18N4O4S/c31-29(32)19-14-15-22(23(16-19)30(33)34)28(17-18-8-2-1-3-9-18)27-26-20-10-4-6-12-24(20)35-25-13-7-5-11-21(25)26/h1-16H,17H2. The Hall–Kier alpha value is -4.63. The van der Waals surface area contributed by atoms with Crippen LogP contribution in [0.3, 0.4) is 0 Å². The van der Waals surface area contributed by atoms with Gasteiger partial charge in [0.25, 0.3) is 5.69 Å². The third kappa shape index (κ3) is 4.44. The first-order chi connectivity index (χ1) is 17.0. The molecule has 0 aliphatic heterocycles. The van der Waals surface area contributed by atoms with Crippen LogP contribution >= 0.6 is 11.3 Å². The van der Waals surface area contributed by atoms with Gasteiger partial charge in [-0.3, -0.25) is 25.2 Å². The summed E-state index contributed by atoms with van der Waals surface area (Å²) in [4.78, 5) is 22.0. The Morgan fingerprint density at radius 1 is 0.743 bits per heavy atom. The molecule has 0 saturated heterocycles. The maximum Gasteiger partial charge on any atom is 0.301 e. The molecule has 0 fully saturated rings. The fourth-order valence-corrected chi connectivity index (χ4v) is 4.99. The van der Waals surface area contributed by atoms with Crippen molar-refractivity contribution in [1.29, 1.82) is 0 Å². The van der Waals surface area contributed by atoms with Gasteiger partial charge in [-0.1, -0.05) is 66.7 Å². The zero-order valence-electron chi connectivity index (χ0n) is 18.3. The molecule has 35 heavy (non-hydrogen) atoms. The average Bonchev–Trinajstić information content (AvgIpc) is 2.88. The lowest BCUT2D eigenvalue weighted by Crippen LogP contribution is -2.22. The molecule has 0 unspecified atom stereocenters. The number of non-ortho nitro benzene ring substituents is 1. The summed E-state index contributed by atoms with van der Waals surface area (Å²) in [5.41, 5.74) is 0.324. The number of fused-ring (bicyclic) bond motifs is 2. The summed E-state index contributed by atoms with van der Waals surface area (Å²) in [7, 11) is 0. The van der Waals surface area contributed by atoms with Crippen LogP contribution in [0.4, 0.5) is 17.1 Å². The second-order valence-electron chi connectivity index (χ2n) is 7.77. The largest absolute Gasteiger partial charge is 0.301 e. The molecule has 0 atom stereocenters. The first-order valence-electron chi connectivity index (χ1n) is 10.7. The Kier molecular flexibility index (Phi) is 5.90. The van der Waals surface area contributed by atoms with Gasteiger partial charge in [0, 0.05) is 26.2 Å². The van der Waals surface area contributed by atoms with Gasteiger partial charge >= 0.3 is 5.69 Å². The SMILES string of the molecule is O=[N+]([O-])c1ccc(N(Cc2ccccc2)N=c2c3ccccc3sc3ccccc23)c([N+](=O)[O-])c1. The molecule has 1 aromatic heterocycles. The highest BCUT2D eigenvalue weighted by Gasteiger charge is 2.24. The Bertz CT molecular complexity index is 1590. The quantitative estimate of drug-likeness (QED) is 0.158. The van der Waals surface area contributed by atoms with E-state index in [0.29, 0.717) is 5.36 Å². The lowest BCUT2D eigenvalue weighted by molar-refractivity contribution is -0.393. The van der Waals surface area contributed by atoms with E-state index in [0.717, 1.165) is 31.8 Å². The number of nitro benzene ring substituents is 2. The average molecular weight is 483 g/mol. The van der Waals surface area contributed by atoms with E-state index in [1.54, 1.807) is 16.3 Å². The zero-order chi connectivity index (χ0) is 24.4. The van der Waals surface area contributed by atoms with Crippen molar-refractivity contribution in [2.75, 3.05) is 5.01 Å². The highest BCUT2D eigenvalue weighted by atomic mass is 32.1. The van der Waals surface area contributed by atoms with Crippen molar-refractivity contribution in [2.45, 2.75) is 6.54 Å². The van der Waals surface area contributed by atoms with Crippen LogP contribution in [0.5, 0.6) is 0 Å². The summed E-state index contributed by atoms with van der Waals surface area (Å²) in [5.74, 6) is 0. The molecule has 0 amide bonds. The molecule has 0 bridgehead atoms. The number of nitro groups is 2. The molecule has 5 aromatic rings. The predicted molar refractivity (Wildman–Crippen MR) is 137 cm³/mol. The van der Waals surface area contributed by atoms with Crippen molar-refractivity contribution >= 4 is 48.6 Å². The minimum Gasteiger partial charge on any atom is -0.258 e. The molecule has 172 valence electrons. The summed E-state index contributed by atoms with van der Waals surface area (Å²) < 4.78 is 2.06. The lowest BCUT2D eigenvalue weighted by atomic mass is 10.1.